The van der Waals surface area contributed by atoms with Crippen LogP contribution in [0.4, 0.5) is 15.1 Å². The number of nitrogens with two attached hydrogens (primary N) is 1. The third-order valence-corrected chi connectivity index (χ3v) is 4.74. The van der Waals surface area contributed by atoms with Crippen molar-refractivity contribution in [2.24, 2.45) is 0 Å². The van der Waals surface area contributed by atoms with E-state index in [1.807, 2.05) is 30.3 Å². The second kappa shape index (κ2) is 6.16. The van der Waals surface area contributed by atoms with Crippen molar-refractivity contribution in [1.29, 1.82) is 0 Å². The highest BCUT2D eigenvalue weighted by molar-refractivity contribution is 8.15. The zero-order valence-electron chi connectivity index (χ0n) is 10.4. The first-order valence-electron chi connectivity index (χ1n) is 5.67. The quantitative estimate of drug-likeness (QED) is 0.708. The number of hydrogen-bond donors (Lipinski definition) is 2. The minimum Gasteiger partial charge on any atom is -0.374 e. The molecular formula is C11H8N6OS3. The number of nitrogens with one attached hydrogen (secondary N) is 1. The predicted octanol–water partition coefficient (Wildman–Crippen LogP) is 2.96. The molecule has 0 aliphatic carbocycles. The van der Waals surface area contributed by atoms with Gasteiger partial charge >= 0.3 is 0 Å². The Labute approximate surface area is 131 Å². The maximum Gasteiger partial charge on any atom is 0.292 e. The van der Waals surface area contributed by atoms with Gasteiger partial charge in [-0.3, -0.25) is 10.1 Å². The van der Waals surface area contributed by atoms with E-state index in [0.717, 1.165) is 33.7 Å². The molecule has 0 spiro atoms. The fourth-order valence-electron chi connectivity index (χ4n) is 1.42. The predicted molar refractivity (Wildman–Crippen MR) is 84.5 cm³/mol. The number of rotatable bonds is 3. The summed E-state index contributed by atoms with van der Waals surface area (Å²) in [6, 6.07) is 9.64. The van der Waals surface area contributed by atoms with E-state index >= 15 is 0 Å². The summed E-state index contributed by atoms with van der Waals surface area (Å²) in [5.74, 6) is 0. The molecule has 0 aliphatic rings. The first-order chi connectivity index (χ1) is 10.2. The molecule has 3 N–H and O–H groups in total. The zero-order valence-corrected chi connectivity index (χ0v) is 12.8. The van der Waals surface area contributed by atoms with E-state index in [9.17, 15) is 4.79 Å². The van der Waals surface area contributed by atoms with Crippen LogP contribution in [-0.4, -0.2) is 25.6 Å². The van der Waals surface area contributed by atoms with Crippen molar-refractivity contribution in [1.82, 2.24) is 20.4 Å². The van der Waals surface area contributed by atoms with Gasteiger partial charge in [-0.15, -0.1) is 20.4 Å². The van der Waals surface area contributed by atoms with E-state index in [0.29, 0.717) is 14.6 Å². The highest BCUT2D eigenvalue weighted by Gasteiger charge is 2.13. The number of benzene rings is 1. The zero-order chi connectivity index (χ0) is 14.7. The number of anilines is 2. The van der Waals surface area contributed by atoms with Crippen LogP contribution in [0.15, 0.2) is 34.7 Å². The standard InChI is InChI=1S/C11H8N6OS3/c12-8-15-17-11(20-8)21-10(18)13-9-16-14-7(19-9)6-4-2-1-3-5-6/h1-5H,(H2,12,15)(H,13,16,18). The topological polar surface area (TPSA) is 107 Å². The molecule has 10 heteroatoms. The number of nitrogens with zero attached hydrogens (tertiary/aromatic N) is 4. The van der Waals surface area contributed by atoms with Gasteiger partial charge in [0.05, 0.1) is 0 Å². The van der Waals surface area contributed by atoms with E-state index in [-0.39, 0.29) is 5.24 Å². The van der Waals surface area contributed by atoms with Gasteiger partial charge in [0.15, 0.2) is 4.34 Å². The van der Waals surface area contributed by atoms with E-state index in [2.05, 4.69) is 25.7 Å². The van der Waals surface area contributed by atoms with Gasteiger partial charge in [0, 0.05) is 17.3 Å². The first kappa shape index (κ1) is 13.9. The molecule has 21 heavy (non-hydrogen) atoms. The number of nitrogen functional groups attached to an aromatic ring is 1. The molecule has 0 fully saturated rings. The molecule has 1 aromatic carbocycles. The van der Waals surface area contributed by atoms with Crippen molar-refractivity contribution < 1.29 is 4.79 Å². The van der Waals surface area contributed by atoms with Crippen LogP contribution in [-0.2, 0) is 0 Å². The van der Waals surface area contributed by atoms with Crippen LogP contribution in [0, 0.1) is 0 Å². The van der Waals surface area contributed by atoms with E-state index in [4.69, 9.17) is 5.73 Å². The van der Waals surface area contributed by atoms with Gasteiger partial charge in [-0.1, -0.05) is 53.0 Å². The summed E-state index contributed by atoms with van der Waals surface area (Å²) in [5.41, 5.74) is 6.41. The molecule has 0 atom stereocenters. The largest absolute Gasteiger partial charge is 0.374 e. The lowest BCUT2D eigenvalue weighted by atomic mass is 10.2. The number of carbonyl (C=O) groups excluding carboxylic acids is 1. The second-order valence-electron chi connectivity index (χ2n) is 3.70. The number of hydrogen-bond acceptors (Lipinski definition) is 9. The van der Waals surface area contributed by atoms with Crippen LogP contribution < -0.4 is 11.1 Å². The molecule has 2 aromatic heterocycles. The van der Waals surface area contributed by atoms with Crippen LogP contribution in [0.2, 0.25) is 0 Å². The van der Waals surface area contributed by atoms with Crippen molar-refractivity contribution in [2.75, 3.05) is 11.1 Å². The lowest BCUT2D eigenvalue weighted by molar-refractivity contribution is 0.269. The number of thioether (sulfide) groups is 1. The Morgan fingerprint density at radius 1 is 1.10 bits per heavy atom. The molecule has 0 saturated heterocycles. The lowest BCUT2D eigenvalue weighted by Gasteiger charge is -1.96. The molecule has 106 valence electrons. The van der Waals surface area contributed by atoms with Crippen molar-refractivity contribution in [3.05, 3.63) is 30.3 Å². The van der Waals surface area contributed by atoms with E-state index in [1.165, 1.54) is 11.3 Å². The van der Waals surface area contributed by atoms with Gasteiger partial charge in [-0.05, 0) is 0 Å². The smallest absolute Gasteiger partial charge is 0.292 e. The SMILES string of the molecule is Nc1nnc(SC(=O)Nc2nnc(-c3ccccc3)s2)s1. The van der Waals surface area contributed by atoms with Crippen LogP contribution >= 0.6 is 34.4 Å². The van der Waals surface area contributed by atoms with Gasteiger partial charge in [-0.2, -0.15) is 0 Å². The summed E-state index contributed by atoms with van der Waals surface area (Å²) in [7, 11) is 0. The molecular weight excluding hydrogens is 328 g/mol. The summed E-state index contributed by atoms with van der Waals surface area (Å²) in [5, 5.41) is 19.3. The Morgan fingerprint density at radius 2 is 1.90 bits per heavy atom. The molecule has 0 radical (unpaired) electrons. The fraction of sp³-hybridized carbons (Fsp3) is 0. The average Bonchev–Trinajstić information content (AvgIpc) is 3.09. The number of carbonyl (C=O) groups is 1. The minimum absolute atomic E-state index is 0.304. The number of aromatic nitrogens is 4. The summed E-state index contributed by atoms with van der Waals surface area (Å²) in [6.07, 6.45) is 0. The van der Waals surface area contributed by atoms with Crippen LogP contribution in [0.1, 0.15) is 0 Å². The molecule has 0 aliphatic heterocycles. The molecule has 0 bridgehead atoms. The average molecular weight is 336 g/mol. The van der Waals surface area contributed by atoms with Crippen molar-refractivity contribution >= 4 is 49.9 Å². The minimum atomic E-state index is -0.304. The van der Waals surface area contributed by atoms with Gasteiger partial charge < -0.3 is 5.73 Å². The Kier molecular flexibility index (Phi) is 4.08. The van der Waals surface area contributed by atoms with E-state index < -0.39 is 0 Å². The van der Waals surface area contributed by atoms with Crippen molar-refractivity contribution in [3.63, 3.8) is 0 Å². The molecule has 1 amide bonds. The molecule has 3 aromatic rings. The van der Waals surface area contributed by atoms with Gasteiger partial charge in [-0.25, -0.2) is 0 Å². The van der Waals surface area contributed by atoms with E-state index in [1.54, 1.807) is 0 Å². The summed E-state index contributed by atoms with van der Waals surface area (Å²) in [6.45, 7) is 0. The third kappa shape index (κ3) is 3.54. The Bertz CT molecular complexity index is 756. The molecule has 3 rings (SSSR count). The van der Waals surface area contributed by atoms with Gasteiger partial charge in [0.1, 0.15) is 5.01 Å². The lowest BCUT2D eigenvalue weighted by Crippen LogP contribution is -2.03. The molecule has 2 heterocycles. The number of amides is 1. The van der Waals surface area contributed by atoms with Crippen LogP contribution in [0.5, 0.6) is 0 Å². The third-order valence-electron chi connectivity index (χ3n) is 2.26. The first-order valence-corrected chi connectivity index (χ1v) is 8.12. The second-order valence-corrected chi connectivity index (χ2v) is 6.91. The monoisotopic (exact) mass is 336 g/mol. The normalized spacial score (nSPS) is 10.5. The van der Waals surface area contributed by atoms with Gasteiger partial charge in [0.2, 0.25) is 10.3 Å². The van der Waals surface area contributed by atoms with Crippen LogP contribution in [0.25, 0.3) is 10.6 Å². The van der Waals surface area contributed by atoms with Crippen molar-refractivity contribution in [3.8, 4) is 10.6 Å². The molecule has 7 nitrogen and oxygen atoms in total. The highest BCUT2D eigenvalue weighted by atomic mass is 32.2. The summed E-state index contributed by atoms with van der Waals surface area (Å²) >= 11 is 3.38. The Balaban J connectivity index is 1.66. The summed E-state index contributed by atoms with van der Waals surface area (Å²) in [4.78, 5) is 11.8. The van der Waals surface area contributed by atoms with Gasteiger partial charge in [0.25, 0.3) is 5.24 Å². The Morgan fingerprint density at radius 3 is 2.62 bits per heavy atom. The molecule has 0 unspecified atom stereocenters. The van der Waals surface area contributed by atoms with Crippen LogP contribution in [0.3, 0.4) is 0 Å². The maximum atomic E-state index is 11.8. The Hall–Kier alpha value is -2.04. The maximum absolute atomic E-state index is 11.8. The summed E-state index contributed by atoms with van der Waals surface area (Å²) < 4.78 is 0.484. The fourth-order valence-corrected chi connectivity index (χ4v) is 3.61. The van der Waals surface area contributed by atoms with Crippen molar-refractivity contribution in [2.45, 2.75) is 4.34 Å². The highest BCUT2D eigenvalue weighted by Crippen LogP contribution is 2.29. The molecule has 0 saturated carbocycles.